The van der Waals surface area contributed by atoms with Gasteiger partial charge in [-0.3, -0.25) is 9.78 Å². The van der Waals surface area contributed by atoms with E-state index in [0.29, 0.717) is 21.9 Å². The van der Waals surface area contributed by atoms with Gasteiger partial charge in [-0.05, 0) is 60.2 Å². The first kappa shape index (κ1) is 19.5. The third kappa shape index (κ3) is 5.16. The molecule has 6 nitrogen and oxygen atoms in total. The number of hydrogen-bond acceptors (Lipinski definition) is 5. The minimum atomic E-state index is -0.591. The van der Waals surface area contributed by atoms with Crippen LogP contribution in [-0.4, -0.2) is 23.1 Å². The van der Waals surface area contributed by atoms with E-state index in [0.717, 1.165) is 0 Å². The van der Waals surface area contributed by atoms with Crippen molar-refractivity contribution < 1.29 is 14.3 Å². The molecule has 0 aliphatic rings. The van der Waals surface area contributed by atoms with Crippen LogP contribution >= 0.6 is 23.2 Å². The summed E-state index contributed by atoms with van der Waals surface area (Å²) in [5, 5.41) is 4.53. The minimum absolute atomic E-state index is 0.214. The van der Waals surface area contributed by atoms with Crippen LogP contribution in [0.1, 0.15) is 26.3 Å². The van der Waals surface area contributed by atoms with E-state index in [2.05, 4.69) is 15.5 Å². The first-order valence-electron chi connectivity index (χ1n) is 8.03. The molecule has 8 heteroatoms. The van der Waals surface area contributed by atoms with Crippen LogP contribution in [0, 0.1) is 0 Å². The number of amides is 1. The molecule has 1 amide bonds. The summed E-state index contributed by atoms with van der Waals surface area (Å²) in [6.07, 6.45) is 4.49. The van der Waals surface area contributed by atoms with Crippen LogP contribution in [0.4, 0.5) is 0 Å². The second kappa shape index (κ2) is 9.12. The molecule has 0 fully saturated rings. The van der Waals surface area contributed by atoms with Gasteiger partial charge in [0.15, 0.2) is 0 Å². The minimum Gasteiger partial charge on any atom is -0.423 e. The molecule has 2 aromatic carbocycles. The summed E-state index contributed by atoms with van der Waals surface area (Å²) in [6, 6.07) is 14.4. The van der Waals surface area contributed by atoms with E-state index in [1.165, 1.54) is 24.5 Å². The zero-order valence-corrected chi connectivity index (χ0v) is 15.8. The second-order valence-electron chi connectivity index (χ2n) is 5.52. The first-order chi connectivity index (χ1) is 13.5. The number of hydrogen-bond donors (Lipinski definition) is 1. The number of rotatable bonds is 5. The predicted octanol–water partition coefficient (Wildman–Crippen LogP) is 4.37. The number of ether oxygens (including phenoxy) is 1. The monoisotopic (exact) mass is 413 g/mol. The highest BCUT2D eigenvalue weighted by Gasteiger charge is 2.13. The number of carbonyl (C=O) groups excluding carboxylic acids is 2. The third-order valence-corrected chi connectivity index (χ3v) is 4.09. The molecule has 1 N–H and O–H groups in total. The number of nitrogens with one attached hydrogen (secondary N) is 1. The van der Waals surface area contributed by atoms with Crippen molar-refractivity contribution in [3.63, 3.8) is 0 Å². The van der Waals surface area contributed by atoms with Crippen molar-refractivity contribution in [1.82, 2.24) is 10.4 Å². The highest BCUT2D eigenvalue weighted by Crippen LogP contribution is 2.22. The van der Waals surface area contributed by atoms with Gasteiger partial charge in [-0.25, -0.2) is 10.2 Å². The third-order valence-electron chi connectivity index (χ3n) is 3.55. The van der Waals surface area contributed by atoms with Gasteiger partial charge in [0.2, 0.25) is 0 Å². The molecule has 3 rings (SSSR count). The largest absolute Gasteiger partial charge is 0.423 e. The zero-order chi connectivity index (χ0) is 19.9. The van der Waals surface area contributed by atoms with Gasteiger partial charge in [-0.2, -0.15) is 5.10 Å². The lowest BCUT2D eigenvalue weighted by Crippen LogP contribution is -2.17. The van der Waals surface area contributed by atoms with Gasteiger partial charge in [-0.15, -0.1) is 0 Å². The molecule has 0 spiro atoms. The molecule has 140 valence electrons. The molecule has 3 aromatic rings. The Labute approximate surface area is 170 Å². The highest BCUT2D eigenvalue weighted by molar-refractivity contribution is 6.36. The topological polar surface area (TPSA) is 80.6 Å². The molecule has 0 radical (unpaired) electrons. The van der Waals surface area contributed by atoms with Crippen LogP contribution in [-0.2, 0) is 0 Å². The number of halogens is 2. The van der Waals surface area contributed by atoms with Crippen molar-refractivity contribution in [3.8, 4) is 5.75 Å². The number of benzene rings is 2. The van der Waals surface area contributed by atoms with Crippen molar-refractivity contribution in [3.05, 3.63) is 93.7 Å². The van der Waals surface area contributed by atoms with Crippen molar-refractivity contribution >= 4 is 41.3 Å². The van der Waals surface area contributed by atoms with Crippen molar-refractivity contribution in [2.45, 2.75) is 0 Å². The lowest BCUT2D eigenvalue weighted by atomic mass is 10.2. The molecule has 1 heterocycles. The maximum atomic E-state index is 12.2. The fraction of sp³-hybridized carbons (Fsp3) is 0. The maximum absolute atomic E-state index is 12.2. The summed E-state index contributed by atoms with van der Waals surface area (Å²) < 4.78 is 5.29. The van der Waals surface area contributed by atoms with E-state index >= 15 is 0 Å². The Morgan fingerprint density at radius 1 is 1.07 bits per heavy atom. The Hall–Kier alpha value is -3.22. The van der Waals surface area contributed by atoms with Crippen molar-refractivity contribution in [1.29, 1.82) is 0 Å². The number of aromatic nitrogens is 1. The van der Waals surface area contributed by atoms with Crippen LogP contribution in [0.2, 0.25) is 10.0 Å². The molecule has 0 aliphatic carbocycles. The van der Waals surface area contributed by atoms with E-state index < -0.39 is 5.97 Å². The van der Waals surface area contributed by atoms with E-state index in [4.69, 9.17) is 27.9 Å². The van der Waals surface area contributed by atoms with Gasteiger partial charge < -0.3 is 4.74 Å². The Morgan fingerprint density at radius 3 is 2.54 bits per heavy atom. The van der Waals surface area contributed by atoms with Crippen LogP contribution in [0.3, 0.4) is 0 Å². The second-order valence-corrected chi connectivity index (χ2v) is 6.37. The van der Waals surface area contributed by atoms with Gasteiger partial charge in [0.1, 0.15) is 5.75 Å². The molecule has 0 atom stereocenters. The summed E-state index contributed by atoms with van der Waals surface area (Å²) in [7, 11) is 0. The average molecular weight is 414 g/mol. The molecule has 0 unspecified atom stereocenters. The van der Waals surface area contributed by atoms with Gasteiger partial charge in [0.25, 0.3) is 5.91 Å². The molecule has 0 bridgehead atoms. The van der Waals surface area contributed by atoms with Crippen molar-refractivity contribution in [2.24, 2.45) is 5.10 Å². The smallest absolute Gasteiger partial charge is 0.345 e. The molecule has 0 aliphatic heterocycles. The summed E-state index contributed by atoms with van der Waals surface area (Å²) in [4.78, 5) is 27.9. The number of nitrogens with zero attached hydrogens (tertiary/aromatic N) is 2. The molecule has 1 aromatic heterocycles. The lowest BCUT2D eigenvalue weighted by Gasteiger charge is -2.06. The standard InChI is InChI=1S/C20H13Cl2N3O3/c21-15-5-8-17(18(22)10-15)20(27)28-16-6-3-13(4-7-16)11-24-25-19(26)14-2-1-9-23-12-14/h1-12H,(H,25,26)/b24-11-. The van der Waals surface area contributed by atoms with E-state index in [-0.39, 0.29) is 16.5 Å². The average Bonchev–Trinajstić information content (AvgIpc) is 2.69. The number of carbonyl (C=O) groups is 2. The van der Waals surface area contributed by atoms with Crippen LogP contribution in [0.5, 0.6) is 5.75 Å². The quantitative estimate of drug-likeness (QED) is 0.291. The van der Waals surface area contributed by atoms with Gasteiger partial charge in [-0.1, -0.05) is 23.2 Å². The number of pyridine rings is 1. The Morgan fingerprint density at radius 2 is 1.86 bits per heavy atom. The first-order valence-corrected chi connectivity index (χ1v) is 8.79. The SMILES string of the molecule is O=C(N/N=C\c1ccc(OC(=O)c2ccc(Cl)cc2Cl)cc1)c1cccnc1. The Balaban J connectivity index is 1.59. The van der Waals surface area contributed by atoms with E-state index in [9.17, 15) is 9.59 Å². The highest BCUT2D eigenvalue weighted by atomic mass is 35.5. The molecule has 0 saturated heterocycles. The van der Waals surface area contributed by atoms with Crippen LogP contribution in [0.25, 0.3) is 0 Å². The zero-order valence-electron chi connectivity index (χ0n) is 14.3. The van der Waals surface area contributed by atoms with E-state index in [1.54, 1.807) is 48.7 Å². The Bertz CT molecular complexity index is 1020. The lowest BCUT2D eigenvalue weighted by molar-refractivity contribution is 0.0734. The summed E-state index contributed by atoms with van der Waals surface area (Å²) in [5.41, 5.74) is 3.73. The van der Waals surface area contributed by atoms with Gasteiger partial charge in [0, 0.05) is 17.4 Å². The summed E-state index contributed by atoms with van der Waals surface area (Å²) in [5.74, 6) is -0.617. The maximum Gasteiger partial charge on any atom is 0.345 e. The molecular weight excluding hydrogens is 401 g/mol. The van der Waals surface area contributed by atoms with Crippen LogP contribution in [0.15, 0.2) is 72.1 Å². The predicted molar refractivity (Wildman–Crippen MR) is 107 cm³/mol. The fourth-order valence-corrected chi connectivity index (χ4v) is 2.65. The van der Waals surface area contributed by atoms with Gasteiger partial charge in [0.05, 0.1) is 22.4 Å². The van der Waals surface area contributed by atoms with E-state index in [1.807, 2.05) is 0 Å². The number of hydrazone groups is 1. The molecule has 0 saturated carbocycles. The molecule has 28 heavy (non-hydrogen) atoms. The fourth-order valence-electron chi connectivity index (χ4n) is 2.17. The van der Waals surface area contributed by atoms with Gasteiger partial charge >= 0.3 is 5.97 Å². The summed E-state index contributed by atoms with van der Waals surface area (Å²) in [6.45, 7) is 0. The molecular formula is C20H13Cl2N3O3. The summed E-state index contributed by atoms with van der Waals surface area (Å²) >= 11 is 11.8. The number of esters is 1. The Kier molecular flexibility index (Phi) is 6.37. The van der Waals surface area contributed by atoms with Crippen molar-refractivity contribution in [2.75, 3.05) is 0 Å². The van der Waals surface area contributed by atoms with Crippen LogP contribution < -0.4 is 10.2 Å². The normalized spacial score (nSPS) is 10.6.